The number of esters is 1. The van der Waals surface area contributed by atoms with E-state index in [1.165, 1.54) is 18.1 Å². The lowest BCUT2D eigenvalue weighted by molar-refractivity contribution is -0.377. The van der Waals surface area contributed by atoms with Crippen molar-refractivity contribution in [3.63, 3.8) is 0 Å². The van der Waals surface area contributed by atoms with Gasteiger partial charge in [0.1, 0.15) is 28.1 Å². The van der Waals surface area contributed by atoms with E-state index >= 15 is 4.39 Å². The van der Waals surface area contributed by atoms with Gasteiger partial charge in [-0.2, -0.15) is 0 Å². The molecule has 2 atom stereocenters. The van der Waals surface area contributed by atoms with Crippen LogP contribution in [0.25, 0.3) is 0 Å². The van der Waals surface area contributed by atoms with Crippen LogP contribution < -0.4 is 19.4 Å². The van der Waals surface area contributed by atoms with E-state index in [1.54, 1.807) is 68.0 Å². The number of fused-ring (bicyclic) bond motifs is 3. The number of hydrogen-bond donors (Lipinski definition) is 0. The van der Waals surface area contributed by atoms with Crippen molar-refractivity contribution < 1.29 is 43.4 Å². The Balaban J connectivity index is 0.00000504. The number of anilines is 1. The number of ether oxygens (including phenoxy) is 4. The molecule has 4 aromatic rings. The summed E-state index contributed by atoms with van der Waals surface area (Å²) in [6.45, 7) is 2.74. The van der Waals surface area contributed by atoms with Gasteiger partial charge >= 0.3 is 12.1 Å². The van der Waals surface area contributed by atoms with Gasteiger partial charge in [-0.05, 0) is 72.8 Å². The highest BCUT2D eigenvalue weighted by molar-refractivity contribution is 6.35. The van der Waals surface area contributed by atoms with Crippen molar-refractivity contribution in [3.8, 4) is 11.5 Å². The van der Waals surface area contributed by atoms with Gasteiger partial charge in [-0.3, -0.25) is 14.6 Å². The number of amides is 1. The molecule has 51 heavy (non-hydrogen) atoms. The lowest BCUT2D eigenvalue weighted by Gasteiger charge is -2.44. The van der Waals surface area contributed by atoms with E-state index in [0.29, 0.717) is 56.3 Å². The van der Waals surface area contributed by atoms with E-state index in [4.69, 9.17) is 42.1 Å². The molecular formula is C38H40Cl2FN3O7. The standard InChI is InChI=1S/C38H38Cl2FN3O6.H2O/c1-47-33-11-10-27(18-35(33)48-2)34(19-28-29(39)20-42-21-30(28)40)49-37(45)17-24-6-5-7-25(16-24)22-44(32-9-4-3-8-31(32)41)38(46)50-36-23-43-14-12-26(36)13-15-43;/h3-11,16,18,20-21,26,34,36H,12-15,17,19,22-23H2,1-2H3;1H2/t34-,36-;/m0./s1. The molecule has 3 fully saturated rings. The molecule has 2 N–H and O–H groups in total. The maximum Gasteiger partial charge on any atom is 0.415 e. The Bertz CT molecular complexity index is 1820. The zero-order valence-corrected chi connectivity index (χ0v) is 29.8. The number of halogens is 3. The Morgan fingerprint density at radius 1 is 0.941 bits per heavy atom. The maximum atomic E-state index is 15.1. The van der Waals surface area contributed by atoms with Gasteiger partial charge in [-0.15, -0.1) is 0 Å². The quantitative estimate of drug-likeness (QED) is 0.141. The summed E-state index contributed by atoms with van der Waals surface area (Å²) in [6, 6.07) is 18.7. The van der Waals surface area contributed by atoms with Gasteiger partial charge in [0.15, 0.2) is 23.9 Å². The normalized spacial score (nSPS) is 18.3. The first-order valence-electron chi connectivity index (χ1n) is 16.5. The minimum Gasteiger partial charge on any atom is -0.870 e. The van der Waals surface area contributed by atoms with Crippen molar-refractivity contribution in [2.24, 2.45) is 5.92 Å². The predicted octanol–water partition coefficient (Wildman–Crippen LogP) is 7.09. The Kier molecular flexibility index (Phi) is 12.8. The van der Waals surface area contributed by atoms with Crippen molar-refractivity contribution >= 4 is 41.0 Å². The number of methoxy groups -OCH3 is 2. The monoisotopic (exact) mass is 739 g/mol. The SMILES string of the molecule is COc1ccc([C@H](Cc2c(Cl)c[nH+]cc2Cl)OC(=O)Cc2cccc(CN(C(=O)O[C@H]3CN4CCC3CC4)c3ccccc3F)c2)cc1OC.[OH-]. The van der Waals surface area contributed by atoms with E-state index < -0.39 is 24.0 Å². The smallest absolute Gasteiger partial charge is 0.415 e. The summed E-state index contributed by atoms with van der Waals surface area (Å²) >= 11 is 13.0. The van der Waals surface area contributed by atoms with Crippen LogP contribution in [0.2, 0.25) is 10.0 Å². The average Bonchev–Trinajstić information content (AvgIpc) is 3.12. The van der Waals surface area contributed by atoms with Crippen molar-refractivity contribution in [2.75, 3.05) is 38.8 Å². The van der Waals surface area contributed by atoms with E-state index in [1.807, 2.05) is 12.1 Å². The summed E-state index contributed by atoms with van der Waals surface area (Å²) in [4.78, 5) is 33.7. The zero-order valence-electron chi connectivity index (χ0n) is 28.3. The number of piperidine rings is 3. The molecule has 0 saturated carbocycles. The molecule has 0 unspecified atom stereocenters. The number of para-hydroxylation sites is 1. The van der Waals surface area contributed by atoms with Crippen molar-refractivity contribution in [3.05, 3.63) is 117 Å². The van der Waals surface area contributed by atoms with Crippen LogP contribution in [0.1, 0.15) is 41.2 Å². The third-order valence-electron chi connectivity index (χ3n) is 9.33. The summed E-state index contributed by atoms with van der Waals surface area (Å²) in [7, 11) is 3.07. The molecule has 0 aliphatic carbocycles. The van der Waals surface area contributed by atoms with Crippen LogP contribution in [0.4, 0.5) is 14.9 Å². The number of nitrogens with one attached hydrogen (secondary N) is 1. The molecule has 7 rings (SSSR count). The van der Waals surface area contributed by atoms with E-state index in [2.05, 4.69) is 9.88 Å². The highest BCUT2D eigenvalue weighted by Gasteiger charge is 2.37. The summed E-state index contributed by atoms with van der Waals surface area (Å²) < 4.78 is 38.1. The fourth-order valence-electron chi connectivity index (χ4n) is 6.68. The number of carbonyl (C=O) groups is 2. The number of aromatic amines is 1. The molecule has 2 bridgehead atoms. The number of pyridine rings is 1. The van der Waals surface area contributed by atoms with E-state index in [-0.39, 0.29) is 36.7 Å². The number of hydrogen-bond acceptors (Lipinski definition) is 8. The summed E-state index contributed by atoms with van der Waals surface area (Å²) in [6.07, 6.45) is 3.71. The molecule has 0 radical (unpaired) electrons. The molecular weight excluding hydrogens is 700 g/mol. The molecule has 3 aliphatic heterocycles. The molecule has 3 aromatic carbocycles. The number of rotatable bonds is 12. The number of benzene rings is 3. The van der Waals surface area contributed by atoms with Gasteiger partial charge in [0, 0.05) is 18.5 Å². The van der Waals surface area contributed by atoms with Crippen LogP contribution in [0.3, 0.4) is 0 Å². The van der Waals surface area contributed by atoms with Gasteiger partial charge in [-0.25, -0.2) is 14.2 Å². The fraction of sp³-hybridized carbons (Fsp3) is 0.342. The zero-order chi connectivity index (χ0) is 35.2. The Morgan fingerprint density at radius 2 is 1.65 bits per heavy atom. The number of H-pyrrole nitrogens is 1. The van der Waals surface area contributed by atoms with Gasteiger partial charge in [0.2, 0.25) is 0 Å². The van der Waals surface area contributed by atoms with Crippen LogP contribution in [-0.4, -0.2) is 62.4 Å². The van der Waals surface area contributed by atoms with Crippen LogP contribution in [0.5, 0.6) is 11.5 Å². The minimum atomic E-state index is -0.763. The van der Waals surface area contributed by atoms with Crippen LogP contribution in [-0.2, 0) is 33.7 Å². The summed E-state index contributed by atoms with van der Waals surface area (Å²) in [5, 5.41) is 0.802. The van der Waals surface area contributed by atoms with Crippen molar-refractivity contribution in [1.29, 1.82) is 0 Å². The molecule has 0 spiro atoms. The second-order valence-corrected chi connectivity index (χ2v) is 13.3. The first-order valence-corrected chi connectivity index (χ1v) is 17.3. The molecule has 3 aliphatic rings. The first kappa shape index (κ1) is 37.8. The molecule has 1 amide bonds. The molecule has 10 nitrogen and oxygen atoms in total. The molecule has 270 valence electrons. The topological polar surface area (TPSA) is 122 Å². The second kappa shape index (κ2) is 17.2. The third kappa shape index (κ3) is 9.09. The molecule has 4 heterocycles. The van der Waals surface area contributed by atoms with E-state index in [9.17, 15) is 9.59 Å². The lowest BCUT2D eigenvalue weighted by atomic mass is 9.86. The van der Waals surface area contributed by atoms with Gasteiger partial charge in [0.25, 0.3) is 0 Å². The highest BCUT2D eigenvalue weighted by atomic mass is 35.5. The maximum absolute atomic E-state index is 15.1. The minimum absolute atomic E-state index is 0. The van der Waals surface area contributed by atoms with Crippen LogP contribution in [0, 0.1) is 11.7 Å². The van der Waals surface area contributed by atoms with Gasteiger partial charge in [0.05, 0.1) is 32.9 Å². The average molecular weight is 741 g/mol. The summed E-state index contributed by atoms with van der Waals surface area (Å²) in [5.41, 5.74) is 2.74. The highest BCUT2D eigenvalue weighted by Crippen LogP contribution is 2.36. The number of aromatic nitrogens is 1. The Morgan fingerprint density at radius 3 is 2.31 bits per heavy atom. The Hall–Kier alpha value is -4.42. The molecule has 3 saturated heterocycles. The van der Waals surface area contributed by atoms with Crippen molar-refractivity contribution in [1.82, 2.24) is 4.90 Å². The molecule has 1 aromatic heterocycles. The van der Waals surface area contributed by atoms with E-state index in [0.717, 1.165) is 25.9 Å². The number of carbonyl (C=O) groups excluding carboxylic acids is 2. The van der Waals surface area contributed by atoms with Crippen LogP contribution >= 0.6 is 23.2 Å². The van der Waals surface area contributed by atoms with Crippen LogP contribution in [0.15, 0.2) is 79.1 Å². The second-order valence-electron chi connectivity index (χ2n) is 12.5. The fourth-order valence-corrected chi connectivity index (χ4v) is 7.21. The summed E-state index contributed by atoms with van der Waals surface area (Å²) in [5.74, 6) is 0.278. The number of nitrogens with zero attached hydrogens (tertiary/aromatic N) is 2. The Labute approximate surface area is 306 Å². The lowest BCUT2D eigenvalue weighted by Crippen LogP contribution is -2.53. The van der Waals surface area contributed by atoms with Gasteiger partial charge in [-0.1, -0.05) is 65.7 Å². The predicted molar refractivity (Wildman–Crippen MR) is 189 cm³/mol. The molecule has 13 heteroatoms. The third-order valence-corrected chi connectivity index (χ3v) is 10.0. The largest absolute Gasteiger partial charge is 0.870 e. The van der Waals surface area contributed by atoms with Crippen molar-refractivity contribution in [2.45, 2.75) is 44.4 Å². The first-order chi connectivity index (χ1) is 24.2. The van der Waals surface area contributed by atoms with Gasteiger partial charge < -0.3 is 24.4 Å².